The second kappa shape index (κ2) is 6.02. The zero-order chi connectivity index (χ0) is 11.4. The molecule has 0 saturated carbocycles. The van der Waals surface area contributed by atoms with Crippen LogP contribution < -0.4 is 0 Å². The highest BCUT2D eigenvalue weighted by atomic mass is 15.2. The van der Waals surface area contributed by atoms with E-state index in [9.17, 15) is 0 Å². The molecule has 0 amide bonds. The maximum Gasteiger partial charge on any atom is 0.0112 e. The first-order chi connectivity index (χ1) is 7.77. The Hall–Kier alpha value is -0.0800. The maximum atomic E-state index is 2.70. The van der Waals surface area contributed by atoms with Crippen LogP contribution in [0.2, 0.25) is 0 Å². The van der Waals surface area contributed by atoms with Gasteiger partial charge < -0.3 is 0 Å². The molecule has 2 atom stereocenters. The fraction of sp³-hybridized carbons (Fsp3) is 1.00. The van der Waals surface area contributed by atoms with Gasteiger partial charge in [0.15, 0.2) is 0 Å². The lowest BCUT2D eigenvalue weighted by Gasteiger charge is -2.38. The molecule has 2 fully saturated rings. The van der Waals surface area contributed by atoms with Crippen LogP contribution in [-0.4, -0.2) is 48.1 Å². The van der Waals surface area contributed by atoms with E-state index in [1.807, 2.05) is 0 Å². The van der Waals surface area contributed by atoms with E-state index < -0.39 is 0 Å². The number of hydrogen-bond donors (Lipinski definition) is 0. The monoisotopic (exact) mass is 224 g/mol. The molecular weight excluding hydrogens is 196 g/mol. The predicted octanol–water partition coefficient (Wildman–Crippen LogP) is 2.74. The minimum absolute atomic E-state index is 0.828. The lowest BCUT2D eigenvalue weighted by molar-refractivity contribution is 0.104. The van der Waals surface area contributed by atoms with Gasteiger partial charge in [0.2, 0.25) is 0 Å². The van der Waals surface area contributed by atoms with Crippen LogP contribution in [0.3, 0.4) is 0 Å². The third-order valence-electron chi connectivity index (χ3n) is 4.56. The van der Waals surface area contributed by atoms with Gasteiger partial charge in [0.1, 0.15) is 0 Å². The van der Waals surface area contributed by atoms with Gasteiger partial charge in [0.05, 0.1) is 0 Å². The third kappa shape index (κ3) is 3.21. The summed E-state index contributed by atoms with van der Waals surface area (Å²) in [5.41, 5.74) is 0. The van der Waals surface area contributed by atoms with Crippen LogP contribution in [-0.2, 0) is 0 Å². The van der Waals surface area contributed by atoms with E-state index in [0.717, 1.165) is 12.1 Å². The molecule has 0 bridgehead atoms. The Morgan fingerprint density at radius 3 is 1.56 bits per heavy atom. The minimum atomic E-state index is 0.828. The van der Waals surface area contributed by atoms with Crippen LogP contribution in [0.4, 0.5) is 0 Å². The van der Waals surface area contributed by atoms with E-state index in [2.05, 4.69) is 23.6 Å². The molecule has 94 valence electrons. The fourth-order valence-electron chi connectivity index (χ4n) is 3.24. The molecule has 2 saturated heterocycles. The van der Waals surface area contributed by atoms with E-state index in [1.54, 1.807) is 0 Å². The molecule has 2 nitrogen and oxygen atoms in total. The summed E-state index contributed by atoms with van der Waals surface area (Å²) in [5, 5.41) is 0. The Kier molecular flexibility index (Phi) is 4.66. The van der Waals surface area contributed by atoms with Gasteiger partial charge in [-0.1, -0.05) is 12.8 Å². The van der Waals surface area contributed by atoms with Gasteiger partial charge in [-0.2, -0.15) is 0 Å². The average Bonchev–Trinajstić information content (AvgIpc) is 2.30. The highest BCUT2D eigenvalue weighted by Gasteiger charge is 2.21. The maximum absolute atomic E-state index is 2.70. The van der Waals surface area contributed by atoms with Gasteiger partial charge in [0.25, 0.3) is 0 Å². The Labute approximate surface area is 101 Å². The predicted molar refractivity (Wildman–Crippen MR) is 69.8 cm³/mol. The summed E-state index contributed by atoms with van der Waals surface area (Å²) in [4.78, 5) is 5.40. The van der Waals surface area contributed by atoms with Gasteiger partial charge in [-0.3, -0.25) is 9.80 Å². The molecule has 0 aliphatic carbocycles. The molecule has 2 aliphatic rings. The standard InChI is InChI=1S/C14H28N2/c1-13-7-3-5-9-15(13)11-12-16-10-6-4-8-14(16)2/h13-14H,3-12H2,1-2H3/t13-,14-/m0/s1. The van der Waals surface area contributed by atoms with E-state index in [1.165, 1.54) is 64.7 Å². The highest BCUT2D eigenvalue weighted by Crippen LogP contribution is 2.18. The summed E-state index contributed by atoms with van der Waals surface area (Å²) in [6.45, 7) is 10.1. The molecule has 0 spiro atoms. The topological polar surface area (TPSA) is 6.48 Å². The molecule has 2 heteroatoms. The summed E-state index contributed by atoms with van der Waals surface area (Å²) in [7, 11) is 0. The van der Waals surface area contributed by atoms with E-state index in [-0.39, 0.29) is 0 Å². The SMILES string of the molecule is C[C@H]1CCCCN1CCN1CCCC[C@@H]1C. The first kappa shape index (κ1) is 12.4. The summed E-state index contributed by atoms with van der Waals surface area (Å²) < 4.78 is 0. The van der Waals surface area contributed by atoms with Gasteiger partial charge in [-0.15, -0.1) is 0 Å². The van der Waals surface area contributed by atoms with Gasteiger partial charge in [-0.25, -0.2) is 0 Å². The van der Waals surface area contributed by atoms with Crippen molar-refractivity contribution in [2.45, 2.75) is 64.5 Å². The number of rotatable bonds is 3. The van der Waals surface area contributed by atoms with Crippen molar-refractivity contribution in [2.75, 3.05) is 26.2 Å². The Morgan fingerprint density at radius 2 is 1.19 bits per heavy atom. The van der Waals surface area contributed by atoms with Crippen molar-refractivity contribution in [2.24, 2.45) is 0 Å². The van der Waals surface area contributed by atoms with Gasteiger partial charge >= 0.3 is 0 Å². The van der Waals surface area contributed by atoms with Crippen LogP contribution in [0, 0.1) is 0 Å². The number of nitrogens with zero attached hydrogens (tertiary/aromatic N) is 2. The number of likely N-dealkylation sites (tertiary alicyclic amines) is 2. The molecule has 0 unspecified atom stereocenters. The fourth-order valence-corrected chi connectivity index (χ4v) is 3.24. The Bertz CT molecular complexity index is 183. The Balaban J connectivity index is 1.72. The third-order valence-corrected chi connectivity index (χ3v) is 4.56. The van der Waals surface area contributed by atoms with Crippen molar-refractivity contribution in [3.8, 4) is 0 Å². The van der Waals surface area contributed by atoms with E-state index >= 15 is 0 Å². The van der Waals surface area contributed by atoms with Crippen molar-refractivity contribution in [3.05, 3.63) is 0 Å². The van der Waals surface area contributed by atoms with Gasteiger partial charge in [-0.05, 0) is 52.6 Å². The molecule has 0 radical (unpaired) electrons. The minimum Gasteiger partial charge on any atom is -0.299 e. The quantitative estimate of drug-likeness (QED) is 0.727. The Morgan fingerprint density at radius 1 is 0.750 bits per heavy atom. The number of hydrogen-bond acceptors (Lipinski definition) is 2. The van der Waals surface area contributed by atoms with Crippen molar-refractivity contribution in [1.29, 1.82) is 0 Å². The summed E-state index contributed by atoms with van der Waals surface area (Å²) in [6, 6.07) is 1.66. The van der Waals surface area contributed by atoms with Crippen molar-refractivity contribution in [1.82, 2.24) is 9.80 Å². The van der Waals surface area contributed by atoms with Crippen LogP contribution in [0.25, 0.3) is 0 Å². The molecule has 0 aromatic carbocycles. The average molecular weight is 224 g/mol. The molecule has 16 heavy (non-hydrogen) atoms. The van der Waals surface area contributed by atoms with Gasteiger partial charge in [0, 0.05) is 25.2 Å². The van der Waals surface area contributed by atoms with Crippen molar-refractivity contribution in [3.63, 3.8) is 0 Å². The van der Waals surface area contributed by atoms with E-state index in [4.69, 9.17) is 0 Å². The smallest absolute Gasteiger partial charge is 0.0112 e. The summed E-state index contributed by atoms with van der Waals surface area (Å²) in [5.74, 6) is 0. The van der Waals surface area contributed by atoms with Crippen LogP contribution >= 0.6 is 0 Å². The summed E-state index contributed by atoms with van der Waals surface area (Å²) in [6.07, 6.45) is 8.54. The number of piperidine rings is 2. The lowest BCUT2D eigenvalue weighted by Crippen LogP contribution is -2.46. The molecule has 2 aliphatic heterocycles. The molecule has 0 aromatic heterocycles. The van der Waals surface area contributed by atoms with Crippen molar-refractivity contribution >= 4 is 0 Å². The molecule has 0 aromatic rings. The lowest BCUT2D eigenvalue weighted by atomic mass is 10.0. The molecule has 2 rings (SSSR count). The zero-order valence-corrected chi connectivity index (χ0v) is 11.1. The largest absolute Gasteiger partial charge is 0.299 e. The molecular formula is C14H28N2. The van der Waals surface area contributed by atoms with Crippen LogP contribution in [0.1, 0.15) is 52.4 Å². The first-order valence-corrected chi connectivity index (χ1v) is 7.25. The van der Waals surface area contributed by atoms with Crippen LogP contribution in [0.15, 0.2) is 0 Å². The second-order valence-electron chi connectivity index (χ2n) is 5.76. The molecule has 2 heterocycles. The summed E-state index contributed by atoms with van der Waals surface area (Å²) >= 11 is 0. The van der Waals surface area contributed by atoms with Crippen molar-refractivity contribution < 1.29 is 0 Å². The highest BCUT2D eigenvalue weighted by molar-refractivity contribution is 4.77. The zero-order valence-electron chi connectivity index (χ0n) is 11.1. The molecule has 0 N–H and O–H groups in total. The van der Waals surface area contributed by atoms with E-state index in [0.29, 0.717) is 0 Å². The first-order valence-electron chi connectivity index (χ1n) is 7.25. The second-order valence-corrected chi connectivity index (χ2v) is 5.76. The van der Waals surface area contributed by atoms with Crippen LogP contribution in [0.5, 0.6) is 0 Å². The normalized spacial score (nSPS) is 34.1.